The number of ether oxygens (including phenoxy) is 2. The van der Waals surface area contributed by atoms with Gasteiger partial charge in [-0.2, -0.15) is 0 Å². The normalized spacial score (nSPS) is 21.3. The maximum absolute atomic E-state index is 12.3. The number of hydrogen-bond donors (Lipinski definition) is 2. The second kappa shape index (κ2) is 12.2. The Hall–Kier alpha value is -2.77. The maximum atomic E-state index is 12.3. The minimum atomic E-state index is -1.10. The largest absolute Gasteiger partial charge is 0.482 e. The van der Waals surface area contributed by atoms with Gasteiger partial charge in [0.25, 0.3) is 0 Å². The summed E-state index contributed by atoms with van der Waals surface area (Å²) in [7, 11) is 0. The van der Waals surface area contributed by atoms with Crippen molar-refractivity contribution in [3.05, 3.63) is 98.5 Å². The zero-order valence-electron chi connectivity index (χ0n) is 21.8. The molecule has 1 saturated heterocycles. The van der Waals surface area contributed by atoms with Crippen molar-refractivity contribution in [2.45, 2.75) is 50.9 Å². The Balaban J connectivity index is 1.87. The van der Waals surface area contributed by atoms with Crippen LogP contribution in [0.2, 0.25) is 15.1 Å². The first-order valence-electron chi connectivity index (χ1n) is 12.5. The van der Waals surface area contributed by atoms with Crippen molar-refractivity contribution >= 4 is 46.7 Å². The minimum absolute atomic E-state index is 0.0969. The molecular weight excluding hydrogens is 561 g/mol. The van der Waals surface area contributed by atoms with Crippen LogP contribution >= 0.6 is 34.8 Å². The SMILES string of the molecule is CC(=O)NC(C)(C)[C@@H]1C[C@@H](c2ccc(Cl)cc2)[C@@H](c2ccc(Cl)cc2)O[C@H]1c1cc(Cl)ccc1OCC(=O)O. The highest BCUT2D eigenvalue weighted by atomic mass is 35.5. The van der Waals surface area contributed by atoms with Crippen LogP contribution in [0.4, 0.5) is 0 Å². The fourth-order valence-corrected chi connectivity index (χ4v) is 5.81. The molecule has 0 aromatic heterocycles. The molecule has 1 fully saturated rings. The van der Waals surface area contributed by atoms with Gasteiger partial charge in [0.05, 0.1) is 12.2 Å². The van der Waals surface area contributed by atoms with Gasteiger partial charge in [-0.25, -0.2) is 4.79 Å². The number of rotatable bonds is 8. The highest BCUT2D eigenvalue weighted by Gasteiger charge is 2.47. The molecule has 1 heterocycles. The molecule has 0 unspecified atom stereocenters. The zero-order chi connectivity index (χ0) is 28.3. The summed E-state index contributed by atoms with van der Waals surface area (Å²) in [4.78, 5) is 23.6. The first kappa shape index (κ1) is 29.2. The molecule has 3 aromatic carbocycles. The van der Waals surface area contributed by atoms with Gasteiger partial charge >= 0.3 is 5.97 Å². The molecule has 6 nitrogen and oxygen atoms in total. The topological polar surface area (TPSA) is 84.9 Å². The Morgan fingerprint density at radius 1 is 0.923 bits per heavy atom. The number of halogens is 3. The summed E-state index contributed by atoms with van der Waals surface area (Å²) in [6.07, 6.45) is -0.375. The van der Waals surface area contributed by atoms with E-state index in [9.17, 15) is 14.7 Å². The monoisotopic (exact) mass is 589 g/mol. The Morgan fingerprint density at radius 3 is 2.05 bits per heavy atom. The Labute approximate surface area is 243 Å². The van der Waals surface area contributed by atoms with Crippen LogP contribution in [0.3, 0.4) is 0 Å². The van der Waals surface area contributed by atoms with E-state index >= 15 is 0 Å². The summed E-state index contributed by atoms with van der Waals surface area (Å²) >= 11 is 18.8. The van der Waals surface area contributed by atoms with E-state index in [-0.39, 0.29) is 17.7 Å². The fourth-order valence-electron chi connectivity index (χ4n) is 5.37. The van der Waals surface area contributed by atoms with Crippen molar-refractivity contribution in [3.63, 3.8) is 0 Å². The zero-order valence-corrected chi connectivity index (χ0v) is 24.1. The van der Waals surface area contributed by atoms with Crippen molar-refractivity contribution in [1.29, 1.82) is 0 Å². The molecule has 3 aromatic rings. The van der Waals surface area contributed by atoms with Gasteiger partial charge in [-0.3, -0.25) is 4.79 Å². The van der Waals surface area contributed by atoms with E-state index in [0.29, 0.717) is 32.8 Å². The van der Waals surface area contributed by atoms with E-state index in [0.717, 1.165) is 11.1 Å². The molecule has 4 atom stereocenters. The maximum Gasteiger partial charge on any atom is 0.341 e. The van der Waals surface area contributed by atoms with Crippen LogP contribution in [0.5, 0.6) is 5.75 Å². The van der Waals surface area contributed by atoms with Crippen molar-refractivity contribution in [2.24, 2.45) is 5.92 Å². The average Bonchev–Trinajstić information content (AvgIpc) is 2.87. The molecule has 0 radical (unpaired) electrons. The third kappa shape index (κ3) is 7.06. The molecule has 0 bridgehead atoms. The van der Waals surface area contributed by atoms with Crippen molar-refractivity contribution in [2.75, 3.05) is 6.61 Å². The van der Waals surface area contributed by atoms with Gasteiger partial charge in [-0.05, 0) is 73.9 Å². The summed E-state index contributed by atoms with van der Waals surface area (Å²) in [5, 5.41) is 14.0. The summed E-state index contributed by atoms with van der Waals surface area (Å²) in [6.45, 7) is 4.88. The molecule has 2 N–H and O–H groups in total. The molecule has 9 heteroatoms. The molecule has 39 heavy (non-hydrogen) atoms. The number of nitrogens with one attached hydrogen (secondary N) is 1. The van der Waals surface area contributed by atoms with Gasteiger partial charge in [0.1, 0.15) is 5.75 Å². The average molecular weight is 591 g/mol. The van der Waals surface area contributed by atoms with Crippen molar-refractivity contribution in [3.8, 4) is 5.75 Å². The van der Waals surface area contributed by atoms with Crippen LogP contribution in [0.15, 0.2) is 66.7 Å². The number of aliphatic carboxylic acids is 1. The minimum Gasteiger partial charge on any atom is -0.482 e. The summed E-state index contributed by atoms with van der Waals surface area (Å²) in [5.74, 6) is -1.26. The van der Waals surface area contributed by atoms with Crippen molar-refractivity contribution < 1.29 is 24.2 Å². The lowest BCUT2D eigenvalue weighted by atomic mass is 9.69. The lowest BCUT2D eigenvalue weighted by molar-refractivity contribution is -0.140. The number of carbonyl (C=O) groups is 2. The van der Waals surface area contributed by atoms with Crippen LogP contribution < -0.4 is 10.1 Å². The number of carbonyl (C=O) groups excluding carboxylic acids is 1. The first-order valence-corrected chi connectivity index (χ1v) is 13.7. The van der Waals surface area contributed by atoms with E-state index in [1.165, 1.54) is 6.92 Å². The highest BCUT2D eigenvalue weighted by molar-refractivity contribution is 6.31. The molecule has 0 spiro atoms. The van der Waals surface area contributed by atoms with Gasteiger partial charge in [0.15, 0.2) is 6.61 Å². The van der Waals surface area contributed by atoms with Crippen molar-refractivity contribution in [1.82, 2.24) is 5.32 Å². The highest BCUT2D eigenvalue weighted by Crippen LogP contribution is 2.54. The third-order valence-corrected chi connectivity index (χ3v) is 7.82. The van der Waals surface area contributed by atoms with Gasteiger partial charge in [0, 0.05) is 44.9 Å². The summed E-state index contributed by atoms with van der Waals surface area (Å²) in [5.41, 5.74) is 1.86. The number of benzene rings is 3. The van der Waals surface area contributed by atoms with Crippen LogP contribution in [0, 0.1) is 5.92 Å². The molecule has 0 aliphatic carbocycles. The van der Waals surface area contributed by atoms with E-state index < -0.39 is 30.3 Å². The Morgan fingerprint density at radius 2 is 1.49 bits per heavy atom. The van der Waals surface area contributed by atoms with Gasteiger partial charge in [-0.1, -0.05) is 59.1 Å². The second-order valence-corrected chi connectivity index (χ2v) is 11.6. The smallest absolute Gasteiger partial charge is 0.341 e. The van der Waals surface area contributed by atoms with Gasteiger partial charge in [0.2, 0.25) is 5.91 Å². The molecule has 206 valence electrons. The predicted molar refractivity (Wildman–Crippen MR) is 153 cm³/mol. The first-order chi connectivity index (χ1) is 18.4. The molecule has 4 rings (SSSR count). The van der Waals surface area contributed by atoms with Crippen LogP contribution in [-0.2, 0) is 14.3 Å². The third-order valence-electron chi connectivity index (χ3n) is 7.08. The van der Waals surface area contributed by atoms with Gasteiger partial charge in [-0.15, -0.1) is 0 Å². The van der Waals surface area contributed by atoms with Crippen LogP contribution in [-0.4, -0.2) is 29.1 Å². The van der Waals surface area contributed by atoms with E-state index in [4.69, 9.17) is 44.3 Å². The Bertz CT molecular complexity index is 1330. The van der Waals surface area contributed by atoms with E-state index in [2.05, 4.69) is 5.32 Å². The summed E-state index contributed by atoms with van der Waals surface area (Å²) < 4.78 is 12.6. The fraction of sp³-hybridized carbons (Fsp3) is 0.333. The molecule has 0 saturated carbocycles. The number of hydrogen-bond acceptors (Lipinski definition) is 4. The molecule has 1 amide bonds. The number of carboxylic acid groups (broad SMARTS) is 1. The predicted octanol–water partition coefficient (Wildman–Crippen LogP) is 7.63. The second-order valence-electron chi connectivity index (χ2n) is 10.3. The van der Waals surface area contributed by atoms with Gasteiger partial charge < -0.3 is 19.9 Å². The number of carboxylic acids is 1. The molecule has 1 aliphatic heterocycles. The van der Waals surface area contributed by atoms with E-state index in [1.807, 2.05) is 62.4 Å². The molecule has 1 aliphatic rings. The molecular formula is C30H30Cl3NO5. The van der Waals surface area contributed by atoms with Crippen LogP contribution in [0.1, 0.15) is 62.0 Å². The lowest BCUT2D eigenvalue weighted by Crippen LogP contribution is -2.53. The van der Waals surface area contributed by atoms with Crippen LogP contribution in [0.25, 0.3) is 0 Å². The Kier molecular flexibility index (Phi) is 9.12. The van der Waals surface area contributed by atoms with E-state index in [1.54, 1.807) is 18.2 Å². The standard InChI is InChI=1S/C30H30Cl3NO5/c1-17(35)34-30(2,3)25-15-23(18-4-8-20(31)9-5-18)28(19-6-10-21(32)11-7-19)39-29(25)24-14-22(33)12-13-26(24)38-16-27(36)37/h4-14,23,25,28-29H,15-16H2,1-3H3,(H,34,35)(H,36,37)/t23-,25+,28+,29-/m0/s1. The number of amides is 1. The summed E-state index contributed by atoms with van der Waals surface area (Å²) in [6, 6.07) is 20.2. The lowest BCUT2D eigenvalue weighted by Gasteiger charge is -2.48. The quantitative estimate of drug-likeness (QED) is 0.282.